The summed E-state index contributed by atoms with van der Waals surface area (Å²) < 4.78 is 0. The van der Waals surface area contributed by atoms with Gasteiger partial charge in [0.05, 0.1) is 11.4 Å². The fraction of sp³-hybridized carbons (Fsp3) is 0.250. The van der Waals surface area contributed by atoms with Gasteiger partial charge in [-0.05, 0) is 37.1 Å². The number of nitrogens with zero attached hydrogens (tertiary/aromatic N) is 1. The van der Waals surface area contributed by atoms with Crippen LogP contribution < -0.4 is 10.6 Å². The minimum absolute atomic E-state index is 0.838. The molecule has 0 bridgehead atoms. The largest absolute Gasteiger partial charge is 0.397 e. The zero-order valence-corrected chi connectivity index (χ0v) is 11.3. The third kappa shape index (κ3) is 2.83. The summed E-state index contributed by atoms with van der Waals surface area (Å²) in [5.74, 6) is 0. The SMILES string of the molecule is Cc1ccc(CN(C)c2ccc(C)cc2N)cc1. The van der Waals surface area contributed by atoms with E-state index in [0.717, 1.165) is 17.9 Å². The Hall–Kier alpha value is -1.96. The minimum Gasteiger partial charge on any atom is -0.397 e. The summed E-state index contributed by atoms with van der Waals surface area (Å²) in [6, 6.07) is 14.8. The summed E-state index contributed by atoms with van der Waals surface area (Å²) in [7, 11) is 2.07. The maximum Gasteiger partial charge on any atom is 0.0600 e. The van der Waals surface area contributed by atoms with Crippen molar-refractivity contribution in [2.45, 2.75) is 20.4 Å². The molecular weight excluding hydrogens is 220 g/mol. The van der Waals surface area contributed by atoms with E-state index in [1.165, 1.54) is 16.7 Å². The quantitative estimate of drug-likeness (QED) is 0.832. The Morgan fingerprint density at radius 1 is 0.944 bits per heavy atom. The predicted molar refractivity (Wildman–Crippen MR) is 78.9 cm³/mol. The molecule has 2 N–H and O–H groups in total. The number of nitrogen functional groups attached to an aromatic ring is 1. The molecule has 18 heavy (non-hydrogen) atoms. The lowest BCUT2D eigenvalue weighted by Crippen LogP contribution is -2.17. The van der Waals surface area contributed by atoms with Gasteiger partial charge >= 0.3 is 0 Å². The molecule has 94 valence electrons. The fourth-order valence-electron chi connectivity index (χ4n) is 2.07. The molecule has 0 unspecified atom stereocenters. The normalized spacial score (nSPS) is 10.4. The van der Waals surface area contributed by atoms with Gasteiger partial charge in [0.2, 0.25) is 0 Å². The molecule has 0 saturated carbocycles. The van der Waals surface area contributed by atoms with Gasteiger partial charge in [0.1, 0.15) is 0 Å². The number of anilines is 2. The molecule has 2 aromatic carbocycles. The van der Waals surface area contributed by atoms with E-state index >= 15 is 0 Å². The molecule has 0 heterocycles. The van der Waals surface area contributed by atoms with Crippen LogP contribution in [0.4, 0.5) is 11.4 Å². The summed E-state index contributed by atoms with van der Waals surface area (Å²) in [6.45, 7) is 5.03. The second-order valence-corrected chi connectivity index (χ2v) is 4.90. The van der Waals surface area contributed by atoms with E-state index in [1.54, 1.807) is 0 Å². The Bertz CT molecular complexity index is 529. The van der Waals surface area contributed by atoms with Gasteiger partial charge in [-0.2, -0.15) is 0 Å². The Balaban J connectivity index is 2.16. The molecule has 0 amide bonds. The average Bonchev–Trinajstić information content (AvgIpc) is 2.32. The second kappa shape index (κ2) is 5.13. The smallest absolute Gasteiger partial charge is 0.0600 e. The van der Waals surface area contributed by atoms with Crippen molar-refractivity contribution in [2.75, 3.05) is 17.7 Å². The van der Waals surface area contributed by atoms with Gasteiger partial charge < -0.3 is 10.6 Å². The summed E-state index contributed by atoms with van der Waals surface area (Å²) >= 11 is 0. The van der Waals surface area contributed by atoms with E-state index in [0.29, 0.717) is 0 Å². The van der Waals surface area contributed by atoms with Crippen LogP contribution in [0.5, 0.6) is 0 Å². The molecule has 0 aliphatic carbocycles. The van der Waals surface area contributed by atoms with Crippen molar-refractivity contribution in [3.8, 4) is 0 Å². The van der Waals surface area contributed by atoms with Crippen LogP contribution in [0, 0.1) is 13.8 Å². The topological polar surface area (TPSA) is 29.3 Å². The minimum atomic E-state index is 0.838. The molecule has 2 heteroatoms. The molecule has 2 nitrogen and oxygen atoms in total. The number of rotatable bonds is 3. The molecule has 2 rings (SSSR count). The van der Waals surface area contributed by atoms with Crippen LogP contribution in [0.2, 0.25) is 0 Å². The Morgan fingerprint density at radius 2 is 1.56 bits per heavy atom. The molecular formula is C16H20N2. The van der Waals surface area contributed by atoms with Gasteiger partial charge in [-0.25, -0.2) is 0 Å². The van der Waals surface area contributed by atoms with Crippen LogP contribution in [0.3, 0.4) is 0 Å². The van der Waals surface area contributed by atoms with Crippen LogP contribution in [-0.4, -0.2) is 7.05 Å². The van der Waals surface area contributed by atoms with Crippen molar-refractivity contribution in [3.05, 3.63) is 59.2 Å². The summed E-state index contributed by atoms with van der Waals surface area (Å²) in [5, 5.41) is 0. The molecule has 0 aliphatic heterocycles. The van der Waals surface area contributed by atoms with Gasteiger partial charge in [0.15, 0.2) is 0 Å². The standard InChI is InChI=1S/C16H20N2/c1-12-4-7-14(8-5-12)11-18(3)16-9-6-13(2)10-15(16)17/h4-10H,11,17H2,1-3H3. The predicted octanol–water partition coefficient (Wildman–Crippen LogP) is 3.52. The molecule has 0 aliphatic rings. The van der Waals surface area contributed by atoms with Gasteiger partial charge in [-0.15, -0.1) is 0 Å². The molecule has 0 aromatic heterocycles. The maximum absolute atomic E-state index is 6.06. The molecule has 0 radical (unpaired) electrons. The van der Waals surface area contributed by atoms with E-state index in [2.05, 4.69) is 62.2 Å². The first-order valence-electron chi connectivity index (χ1n) is 6.19. The maximum atomic E-state index is 6.06. The van der Waals surface area contributed by atoms with Crippen molar-refractivity contribution in [1.29, 1.82) is 0 Å². The highest BCUT2D eigenvalue weighted by molar-refractivity contribution is 5.68. The monoisotopic (exact) mass is 240 g/mol. The molecule has 2 aromatic rings. The van der Waals surface area contributed by atoms with Gasteiger partial charge in [0.25, 0.3) is 0 Å². The first-order chi connectivity index (χ1) is 8.56. The third-order valence-electron chi connectivity index (χ3n) is 3.13. The van der Waals surface area contributed by atoms with Crippen LogP contribution in [0.25, 0.3) is 0 Å². The van der Waals surface area contributed by atoms with Crippen LogP contribution in [-0.2, 0) is 6.54 Å². The molecule has 0 atom stereocenters. The van der Waals surface area contributed by atoms with Crippen molar-refractivity contribution in [1.82, 2.24) is 0 Å². The van der Waals surface area contributed by atoms with E-state index < -0.39 is 0 Å². The van der Waals surface area contributed by atoms with Crippen molar-refractivity contribution >= 4 is 11.4 Å². The summed E-state index contributed by atoms with van der Waals surface area (Å²) in [6.07, 6.45) is 0. The number of benzene rings is 2. The number of aryl methyl sites for hydroxylation is 2. The molecule has 0 spiro atoms. The highest BCUT2D eigenvalue weighted by Crippen LogP contribution is 2.24. The number of hydrogen-bond acceptors (Lipinski definition) is 2. The lowest BCUT2D eigenvalue weighted by atomic mass is 10.1. The first kappa shape index (κ1) is 12.5. The average molecular weight is 240 g/mol. The fourth-order valence-corrected chi connectivity index (χ4v) is 2.07. The van der Waals surface area contributed by atoms with E-state index in [-0.39, 0.29) is 0 Å². The van der Waals surface area contributed by atoms with Crippen molar-refractivity contribution in [2.24, 2.45) is 0 Å². The highest BCUT2D eigenvalue weighted by atomic mass is 15.1. The van der Waals surface area contributed by atoms with Crippen molar-refractivity contribution in [3.63, 3.8) is 0 Å². The Labute approximate surface area is 109 Å². The summed E-state index contributed by atoms with van der Waals surface area (Å²) in [5.41, 5.74) is 11.8. The summed E-state index contributed by atoms with van der Waals surface area (Å²) in [4.78, 5) is 2.18. The first-order valence-corrected chi connectivity index (χ1v) is 6.19. The van der Waals surface area contributed by atoms with Crippen LogP contribution in [0.1, 0.15) is 16.7 Å². The Morgan fingerprint density at radius 3 is 2.17 bits per heavy atom. The van der Waals surface area contributed by atoms with Crippen LogP contribution >= 0.6 is 0 Å². The zero-order valence-electron chi connectivity index (χ0n) is 11.3. The lowest BCUT2D eigenvalue weighted by molar-refractivity contribution is 0.923. The van der Waals surface area contributed by atoms with Crippen LogP contribution in [0.15, 0.2) is 42.5 Å². The number of hydrogen-bond donors (Lipinski definition) is 1. The molecule has 0 saturated heterocycles. The van der Waals surface area contributed by atoms with Gasteiger partial charge in [-0.3, -0.25) is 0 Å². The second-order valence-electron chi connectivity index (χ2n) is 4.90. The van der Waals surface area contributed by atoms with E-state index in [4.69, 9.17) is 5.73 Å². The molecule has 0 fully saturated rings. The lowest BCUT2D eigenvalue weighted by Gasteiger charge is -2.21. The highest BCUT2D eigenvalue weighted by Gasteiger charge is 2.05. The van der Waals surface area contributed by atoms with E-state index in [1.807, 2.05) is 6.07 Å². The van der Waals surface area contributed by atoms with Gasteiger partial charge in [-0.1, -0.05) is 35.9 Å². The Kier molecular flexibility index (Phi) is 3.56. The third-order valence-corrected chi connectivity index (χ3v) is 3.13. The van der Waals surface area contributed by atoms with E-state index in [9.17, 15) is 0 Å². The van der Waals surface area contributed by atoms with Crippen molar-refractivity contribution < 1.29 is 0 Å². The van der Waals surface area contributed by atoms with Gasteiger partial charge in [0, 0.05) is 13.6 Å². The zero-order chi connectivity index (χ0) is 13.1. The number of nitrogens with two attached hydrogens (primary N) is 1.